The minimum absolute atomic E-state index is 0.226. The van der Waals surface area contributed by atoms with E-state index in [2.05, 4.69) is 28.2 Å². The van der Waals surface area contributed by atoms with Crippen molar-refractivity contribution in [2.45, 2.75) is 12.3 Å². The van der Waals surface area contributed by atoms with Gasteiger partial charge in [0.2, 0.25) is 5.91 Å². The highest BCUT2D eigenvalue weighted by atomic mass is 32.2. The molecule has 110 valence electrons. The molecule has 0 bridgehead atoms. The number of morpholine rings is 1. The van der Waals surface area contributed by atoms with Gasteiger partial charge in [-0.05, 0) is 23.9 Å². The number of carbonyl (C=O) groups excluding carboxylic acids is 1. The number of amides is 1. The van der Waals surface area contributed by atoms with Crippen LogP contribution in [0.5, 0.6) is 0 Å². The molecule has 20 heavy (non-hydrogen) atoms. The highest BCUT2D eigenvalue weighted by Gasteiger charge is 2.34. The van der Waals surface area contributed by atoms with Crippen molar-refractivity contribution in [3.63, 3.8) is 0 Å². The van der Waals surface area contributed by atoms with Gasteiger partial charge in [0, 0.05) is 31.1 Å². The van der Waals surface area contributed by atoms with Crippen LogP contribution in [0.1, 0.15) is 15.8 Å². The van der Waals surface area contributed by atoms with E-state index in [4.69, 9.17) is 4.74 Å². The molecule has 6 heteroatoms. The summed E-state index contributed by atoms with van der Waals surface area (Å²) in [5.74, 6) is 0.895. The van der Waals surface area contributed by atoms with Crippen molar-refractivity contribution in [2.24, 2.45) is 0 Å². The van der Waals surface area contributed by atoms with Crippen molar-refractivity contribution in [3.05, 3.63) is 21.9 Å². The average Bonchev–Trinajstić information content (AvgIpc) is 3.04. The summed E-state index contributed by atoms with van der Waals surface area (Å²) in [6, 6.07) is 2.14. The maximum Gasteiger partial charge on any atom is 0.233 e. The minimum Gasteiger partial charge on any atom is -0.379 e. The fourth-order valence-corrected chi connectivity index (χ4v) is 5.12. The molecule has 1 aromatic rings. The van der Waals surface area contributed by atoms with Gasteiger partial charge in [0.1, 0.15) is 5.37 Å². The van der Waals surface area contributed by atoms with E-state index in [1.807, 2.05) is 0 Å². The van der Waals surface area contributed by atoms with Crippen molar-refractivity contribution in [2.75, 3.05) is 45.1 Å². The fourth-order valence-electron chi connectivity index (χ4n) is 2.62. The number of carbonyl (C=O) groups is 1. The second-order valence-electron chi connectivity index (χ2n) is 5.17. The molecule has 0 aromatic carbocycles. The van der Waals surface area contributed by atoms with Gasteiger partial charge in [-0.2, -0.15) is 0 Å². The summed E-state index contributed by atoms with van der Waals surface area (Å²) in [5, 5.41) is 2.34. The van der Waals surface area contributed by atoms with Crippen molar-refractivity contribution in [3.8, 4) is 0 Å². The van der Waals surface area contributed by atoms with Crippen LogP contribution in [0.15, 0.2) is 11.4 Å². The Labute approximate surface area is 128 Å². The van der Waals surface area contributed by atoms with Gasteiger partial charge < -0.3 is 9.64 Å². The zero-order chi connectivity index (χ0) is 13.9. The molecule has 2 aliphatic rings. The first kappa shape index (κ1) is 14.4. The van der Waals surface area contributed by atoms with E-state index in [1.165, 1.54) is 10.4 Å². The third-order valence-electron chi connectivity index (χ3n) is 3.85. The lowest BCUT2D eigenvalue weighted by molar-refractivity contribution is -0.128. The van der Waals surface area contributed by atoms with Crippen LogP contribution >= 0.6 is 23.1 Å². The van der Waals surface area contributed by atoms with Crippen molar-refractivity contribution in [1.29, 1.82) is 0 Å². The number of ether oxygens (including phenoxy) is 1. The second-order valence-corrected chi connectivity index (χ2v) is 7.19. The Kier molecular flexibility index (Phi) is 4.65. The van der Waals surface area contributed by atoms with E-state index >= 15 is 0 Å². The summed E-state index contributed by atoms with van der Waals surface area (Å²) in [5.41, 5.74) is 1.30. The Morgan fingerprint density at radius 2 is 2.15 bits per heavy atom. The maximum absolute atomic E-state index is 12.1. The van der Waals surface area contributed by atoms with Crippen LogP contribution in [0.2, 0.25) is 0 Å². The second kappa shape index (κ2) is 6.47. The summed E-state index contributed by atoms with van der Waals surface area (Å²) >= 11 is 3.53. The molecule has 0 aliphatic carbocycles. The van der Waals surface area contributed by atoms with E-state index in [-0.39, 0.29) is 11.3 Å². The fraction of sp³-hybridized carbons (Fsp3) is 0.643. The highest BCUT2D eigenvalue weighted by Crippen LogP contribution is 2.41. The van der Waals surface area contributed by atoms with Crippen LogP contribution in [0, 0.1) is 6.92 Å². The van der Waals surface area contributed by atoms with E-state index in [0.29, 0.717) is 5.75 Å². The topological polar surface area (TPSA) is 32.8 Å². The maximum atomic E-state index is 12.1. The highest BCUT2D eigenvalue weighted by molar-refractivity contribution is 8.00. The van der Waals surface area contributed by atoms with Crippen LogP contribution < -0.4 is 0 Å². The molecule has 1 amide bonds. The molecule has 1 atom stereocenters. The zero-order valence-corrected chi connectivity index (χ0v) is 13.3. The van der Waals surface area contributed by atoms with Gasteiger partial charge >= 0.3 is 0 Å². The van der Waals surface area contributed by atoms with Crippen LogP contribution in [0.25, 0.3) is 0 Å². The van der Waals surface area contributed by atoms with Crippen LogP contribution in [-0.4, -0.2) is 60.9 Å². The molecule has 0 radical (unpaired) electrons. The first-order chi connectivity index (χ1) is 9.75. The lowest BCUT2D eigenvalue weighted by atomic mass is 10.2. The number of thioether (sulfide) groups is 1. The molecular formula is C14H20N2O2S2. The van der Waals surface area contributed by atoms with E-state index in [9.17, 15) is 4.79 Å². The molecule has 2 fully saturated rings. The van der Waals surface area contributed by atoms with Gasteiger partial charge in [-0.25, -0.2) is 0 Å². The van der Waals surface area contributed by atoms with Gasteiger partial charge in [-0.15, -0.1) is 23.1 Å². The summed E-state index contributed by atoms with van der Waals surface area (Å²) in [6.07, 6.45) is 0. The van der Waals surface area contributed by atoms with Gasteiger partial charge in [-0.3, -0.25) is 9.69 Å². The van der Waals surface area contributed by atoms with Gasteiger partial charge in [0.25, 0.3) is 0 Å². The zero-order valence-electron chi connectivity index (χ0n) is 11.7. The Morgan fingerprint density at radius 1 is 1.35 bits per heavy atom. The first-order valence-electron chi connectivity index (χ1n) is 7.01. The summed E-state index contributed by atoms with van der Waals surface area (Å²) in [7, 11) is 0. The van der Waals surface area contributed by atoms with Gasteiger partial charge in [0.05, 0.1) is 19.0 Å². The van der Waals surface area contributed by atoms with Gasteiger partial charge in [-0.1, -0.05) is 0 Å². The largest absolute Gasteiger partial charge is 0.379 e. The van der Waals surface area contributed by atoms with Crippen molar-refractivity contribution < 1.29 is 9.53 Å². The number of hydrogen-bond donors (Lipinski definition) is 0. The number of aryl methyl sites for hydroxylation is 1. The number of hydrogen-bond acceptors (Lipinski definition) is 5. The van der Waals surface area contributed by atoms with E-state index in [0.717, 1.165) is 39.4 Å². The summed E-state index contributed by atoms with van der Waals surface area (Å²) in [4.78, 5) is 17.9. The minimum atomic E-state index is 0.226. The molecule has 4 nitrogen and oxygen atoms in total. The normalized spacial score (nSPS) is 24.6. The lowest BCUT2D eigenvalue weighted by Crippen LogP contribution is -2.42. The Balaban J connectivity index is 1.63. The van der Waals surface area contributed by atoms with Crippen LogP contribution in [0.4, 0.5) is 0 Å². The SMILES string of the molecule is Cc1ccsc1C1SCC(=O)N1CCN1CCOCC1. The Bertz CT molecular complexity index is 471. The van der Waals surface area contributed by atoms with Crippen LogP contribution in [0.3, 0.4) is 0 Å². The molecule has 1 unspecified atom stereocenters. The Hall–Kier alpha value is -0.560. The monoisotopic (exact) mass is 312 g/mol. The quantitative estimate of drug-likeness (QED) is 0.851. The molecular weight excluding hydrogens is 292 g/mol. The van der Waals surface area contributed by atoms with Crippen molar-refractivity contribution in [1.82, 2.24) is 9.80 Å². The molecule has 2 aliphatic heterocycles. The third-order valence-corrected chi connectivity index (χ3v) is 6.30. The summed E-state index contributed by atoms with van der Waals surface area (Å²) < 4.78 is 5.36. The smallest absolute Gasteiger partial charge is 0.233 e. The molecule has 0 spiro atoms. The summed E-state index contributed by atoms with van der Waals surface area (Å²) in [6.45, 7) is 7.52. The number of nitrogens with zero attached hydrogens (tertiary/aromatic N) is 2. The molecule has 1 aromatic heterocycles. The van der Waals surface area contributed by atoms with E-state index < -0.39 is 0 Å². The first-order valence-corrected chi connectivity index (χ1v) is 8.94. The number of rotatable bonds is 4. The predicted octanol–water partition coefficient (Wildman–Crippen LogP) is 1.96. The van der Waals surface area contributed by atoms with Gasteiger partial charge in [0.15, 0.2) is 0 Å². The molecule has 0 N–H and O–H groups in total. The van der Waals surface area contributed by atoms with Crippen LogP contribution in [-0.2, 0) is 9.53 Å². The number of thiophene rings is 1. The standard InChI is InChI=1S/C14H20N2O2S2/c1-11-2-9-19-13(11)14-16(12(17)10-20-14)4-3-15-5-7-18-8-6-15/h2,9,14H,3-8,10H2,1H3. The predicted molar refractivity (Wildman–Crippen MR) is 83.2 cm³/mol. The Morgan fingerprint density at radius 3 is 2.85 bits per heavy atom. The van der Waals surface area contributed by atoms with Crippen molar-refractivity contribution >= 4 is 29.0 Å². The third kappa shape index (κ3) is 3.03. The van der Waals surface area contributed by atoms with E-state index in [1.54, 1.807) is 23.1 Å². The molecule has 3 heterocycles. The molecule has 3 rings (SSSR count). The average molecular weight is 312 g/mol. The molecule has 0 saturated carbocycles. The lowest BCUT2D eigenvalue weighted by Gasteiger charge is -2.30. The molecule has 2 saturated heterocycles.